The Hall–Kier alpha value is -2.25. The van der Waals surface area contributed by atoms with Crippen molar-refractivity contribution in [3.63, 3.8) is 0 Å². The lowest BCUT2D eigenvalue weighted by atomic mass is 10.3. The molecule has 0 bridgehead atoms. The quantitative estimate of drug-likeness (QED) is 0.650. The van der Waals surface area contributed by atoms with Crippen LogP contribution < -0.4 is 20.3 Å². The van der Waals surface area contributed by atoms with E-state index in [0.717, 1.165) is 0 Å². The molecule has 0 spiro atoms. The fourth-order valence-corrected chi connectivity index (χ4v) is 3.01. The normalized spacial score (nSPS) is 11.0. The molecule has 0 saturated carbocycles. The molecule has 2 aromatic rings. The molecule has 0 heterocycles. The summed E-state index contributed by atoms with van der Waals surface area (Å²) < 4.78 is 31.3. The van der Waals surface area contributed by atoms with E-state index < -0.39 is 10.0 Å². The minimum absolute atomic E-state index is 0.194. The molecule has 0 aromatic heterocycles. The number of nitrogen functional groups attached to an aromatic ring is 1. The zero-order valence-electron chi connectivity index (χ0n) is 11.8. The van der Waals surface area contributed by atoms with Crippen molar-refractivity contribution >= 4 is 21.4 Å². The van der Waals surface area contributed by atoms with Gasteiger partial charge in [0, 0.05) is 12.7 Å². The Bertz CT molecular complexity index is 697. The fourth-order valence-electron chi connectivity index (χ4n) is 1.81. The third kappa shape index (κ3) is 3.09. The third-order valence-corrected chi connectivity index (χ3v) is 4.92. The number of rotatable bonds is 5. The van der Waals surface area contributed by atoms with Crippen LogP contribution in [0.3, 0.4) is 0 Å². The molecule has 3 N–H and O–H groups in total. The van der Waals surface area contributed by atoms with Gasteiger partial charge in [0.25, 0.3) is 10.0 Å². The standard InChI is InChI=1S/C14H17N3O3S/c1-17(12-5-7-13(20-2)8-6-12)21(18,19)14-9-3-11(16-15)4-10-14/h3-10,16H,15H2,1-2H3. The summed E-state index contributed by atoms with van der Waals surface area (Å²) in [4.78, 5) is 0.194. The van der Waals surface area contributed by atoms with E-state index in [9.17, 15) is 8.42 Å². The second-order valence-corrected chi connectivity index (χ2v) is 6.31. The molecule has 2 aromatic carbocycles. The van der Waals surface area contributed by atoms with Gasteiger partial charge in [0.2, 0.25) is 0 Å². The zero-order chi connectivity index (χ0) is 15.5. The maximum absolute atomic E-state index is 12.5. The van der Waals surface area contributed by atoms with Crippen LogP contribution in [-0.4, -0.2) is 22.6 Å². The van der Waals surface area contributed by atoms with E-state index in [1.165, 1.54) is 23.5 Å². The van der Waals surface area contributed by atoms with Crippen molar-refractivity contribution in [2.45, 2.75) is 4.90 Å². The minimum Gasteiger partial charge on any atom is -0.497 e. The highest BCUT2D eigenvalue weighted by Crippen LogP contribution is 2.24. The topological polar surface area (TPSA) is 84.7 Å². The lowest BCUT2D eigenvalue weighted by molar-refractivity contribution is 0.415. The second kappa shape index (κ2) is 6.02. The molecule has 112 valence electrons. The third-order valence-electron chi connectivity index (χ3n) is 3.12. The first-order valence-electron chi connectivity index (χ1n) is 6.18. The SMILES string of the molecule is COc1ccc(N(C)S(=O)(=O)c2ccc(NN)cc2)cc1. The van der Waals surface area contributed by atoms with Crippen LogP contribution in [0.4, 0.5) is 11.4 Å². The van der Waals surface area contributed by atoms with Gasteiger partial charge < -0.3 is 10.2 Å². The summed E-state index contributed by atoms with van der Waals surface area (Å²) in [5.74, 6) is 5.93. The number of hydrogen-bond acceptors (Lipinski definition) is 5. The highest BCUT2D eigenvalue weighted by Gasteiger charge is 2.21. The van der Waals surface area contributed by atoms with Crippen LogP contribution in [-0.2, 0) is 10.0 Å². The lowest BCUT2D eigenvalue weighted by Crippen LogP contribution is -2.26. The van der Waals surface area contributed by atoms with Crippen LogP contribution in [0.2, 0.25) is 0 Å². The molecule has 7 heteroatoms. The van der Waals surface area contributed by atoms with Gasteiger partial charge in [-0.15, -0.1) is 0 Å². The largest absolute Gasteiger partial charge is 0.497 e. The smallest absolute Gasteiger partial charge is 0.264 e. The number of ether oxygens (including phenoxy) is 1. The van der Waals surface area contributed by atoms with Gasteiger partial charge in [-0.3, -0.25) is 10.1 Å². The molecule has 0 amide bonds. The van der Waals surface area contributed by atoms with Crippen molar-refractivity contribution in [1.29, 1.82) is 0 Å². The van der Waals surface area contributed by atoms with Crippen molar-refractivity contribution in [1.82, 2.24) is 0 Å². The van der Waals surface area contributed by atoms with Crippen molar-refractivity contribution in [2.24, 2.45) is 5.84 Å². The van der Waals surface area contributed by atoms with E-state index in [2.05, 4.69) is 5.43 Å². The Kier molecular flexibility index (Phi) is 4.35. The molecular weight excluding hydrogens is 290 g/mol. The maximum Gasteiger partial charge on any atom is 0.264 e. The molecule has 2 rings (SSSR count). The van der Waals surface area contributed by atoms with Gasteiger partial charge in [-0.05, 0) is 48.5 Å². The molecule has 0 unspecified atom stereocenters. The first kappa shape index (κ1) is 15.1. The number of nitrogens with two attached hydrogens (primary N) is 1. The summed E-state index contributed by atoms with van der Waals surface area (Å²) in [6.07, 6.45) is 0. The highest BCUT2D eigenvalue weighted by atomic mass is 32.2. The number of hydrazine groups is 1. The molecule has 0 atom stereocenters. The average molecular weight is 307 g/mol. The van der Waals surface area contributed by atoms with Gasteiger partial charge in [0.15, 0.2) is 0 Å². The van der Waals surface area contributed by atoms with E-state index in [4.69, 9.17) is 10.6 Å². The average Bonchev–Trinajstić information content (AvgIpc) is 2.54. The number of methoxy groups -OCH3 is 1. The summed E-state index contributed by atoms with van der Waals surface area (Å²) in [6.45, 7) is 0. The predicted octanol–water partition coefficient (Wildman–Crippen LogP) is 1.81. The summed E-state index contributed by atoms with van der Waals surface area (Å²) in [7, 11) is -0.548. The Morgan fingerprint density at radius 3 is 2.10 bits per heavy atom. The van der Waals surface area contributed by atoms with Crippen molar-refractivity contribution in [2.75, 3.05) is 23.9 Å². The van der Waals surface area contributed by atoms with Crippen LogP contribution in [0.1, 0.15) is 0 Å². The van der Waals surface area contributed by atoms with Gasteiger partial charge in [-0.2, -0.15) is 0 Å². The van der Waals surface area contributed by atoms with Crippen LogP contribution in [0.25, 0.3) is 0 Å². The lowest BCUT2D eigenvalue weighted by Gasteiger charge is -2.20. The Balaban J connectivity index is 2.32. The van der Waals surface area contributed by atoms with Crippen LogP contribution in [0.15, 0.2) is 53.4 Å². The molecule has 21 heavy (non-hydrogen) atoms. The maximum atomic E-state index is 12.5. The van der Waals surface area contributed by atoms with Gasteiger partial charge in [0.1, 0.15) is 5.75 Å². The number of sulfonamides is 1. The summed E-state index contributed by atoms with van der Waals surface area (Å²) >= 11 is 0. The highest BCUT2D eigenvalue weighted by molar-refractivity contribution is 7.92. The Labute approximate surface area is 124 Å². The predicted molar refractivity (Wildman–Crippen MR) is 82.8 cm³/mol. The number of anilines is 2. The Morgan fingerprint density at radius 2 is 1.62 bits per heavy atom. The molecule has 0 aliphatic rings. The monoisotopic (exact) mass is 307 g/mol. The van der Waals surface area contributed by atoms with Crippen molar-refractivity contribution in [3.8, 4) is 5.75 Å². The van der Waals surface area contributed by atoms with Crippen LogP contribution in [0.5, 0.6) is 5.75 Å². The summed E-state index contributed by atoms with van der Waals surface area (Å²) in [6, 6.07) is 13.0. The zero-order valence-corrected chi connectivity index (χ0v) is 12.6. The van der Waals surface area contributed by atoms with E-state index in [-0.39, 0.29) is 4.90 Å². The van der Waals surface area contributed by atoms with Crippen molar-refractivity contribution < 1.29 is 13.2 Å². The first-order chi connectivity index (χ1) is 9.98. The van der Waals surface area contributed by atoms with Crippen LogP contribution in [0, 0.1) is 0 Å². The van der Waals surface area contributed by atoms with Gasteiger partial charge >= 0.3 is 0 Å². The number of hydrogen-bond donors (Lipinski definition) is 2. The van der Waals surface area contributed by atoms with Gasteiger partial charge in [0.05, 0.1) is 17.7 Å². The molecule has 0 aliphatic heterocycles. The summed E-state index contributed by atoms with van der Waals surface area (Å²) in [5.41, 5.74) is 3.65. The minimum atomic E-state index is -3.61. The van der Waals surface area contributed by atoms with E-state index in [1.807, 2.05) is 0 Å². The van der Waals surface area contributed by atoms with Gasteiger partial charge in [-0.25, -0.2) is 8.42 Å². The van der Waals surface area contributed by atoms with Crippen LogP contribution >= 0.6 is 0 Å². The number of benzene rings is 2. The number of nitrogens with one attached hydrogen (secondary N) is 1. The van der Waals surface area contributed by atoms with Gasteiger partial charge in [-0.1, -0.05) is 0 Å². The van der Waals surface area contributed by atoms with E-state index in [1.54, 1.807) is 43.5 Å². The van der Waals surface area contributed by atoms with E-state index >= 15 is 0 Å². The first-order valence-corrected chi connectivity index (χ1v) is 7.62. The Morgan fingerprint density at radius 1 is 1.05 bits per heavy atom. The molecule has 0 saturated heterocycles. The molecule has 6 nitrogen and oxygen atoms in total. The molecular formula is C14H17N3O3S. The molecule has 0 radical (unpaired) electrons. The van der Waals surface area contributed by atoms with E-state index in [0.29, 0.717) is 17.1 Å². The number of nitrogens with zero attached hydrogens (tertiary/aromatic N) is 1. The second-order valence-electron chi connectivity index (χ2n) is 4.34. The van der Waals surface area contributed by atoms with Crippen molar-refractivity contribution in [3.05, 3.63) is 48.5 Å². The molecule has 0 aliphatic carbocycles. The summed E-state index contributed by atoms with van der Waals surface area (Å²) in [5, 5.41) is 0. The molecule has 0 fully saturated rings. The fraction of sp³-hybridized carbons (Fsp3) is 0.143.